The number of morpholine rings is 1. The Balaban J connectivity index is 0.00000196. The molecule has 4 rings (SSSR count). The lowest BCUT2D eigenvalue weighted by atomic mass is 10.0. The number of amides is 1. The van der Waals surface area contributed by atoms with Gasteiger partial charge in [-0.2, -0.15) is 0 Å². The minimum Gasteiger partial charge on any atom is -0.366 e. The lowest BCUT2D eigenvalue weighted by molar-refractivity contribution is -0.148. The molecule has 1 saturated carbocycles. The fraction of sp³-hybridized carbons (Fsp3) is 0.476. The second-order valence-corrected chi connectivity index (χ2v) is 7.11. The van der Waals surface area contributed by atoms with Crippen LogP contribution >= 0.6 is 12.4 Å². The quantitative estimate of drug-likeness (QED) is 0.890. The number of carbonyl (C=O) groups is 1. The molecule has 0 aromatic heterocycles. The summed E-state index contributed by atoms with van der Waals surface area (Å²) in [7, 11) is 0. The third kappa shape index (κ3) is 4.03. The molecule has 2 aromatic rings. The standard InChI is InChI=1S/C21H26N2O2.ClH/c24-21(20-14-22-12-13-25-20)23(18-9-2-3-10-18)15-17-8-5-7-16-6-1-4-11-19(16)17;/h1,4-8,11,18,20,22H,2-3,9-10,12-15H2;1H. The molecule has 0 spiro atoms. The highest BCUT2D eigenvalue weighted by atomic mass is 35.5. The fourth-order valence-electron chi connectivity index (χ4n) is 4.13. The first-order chi connectivity index (χ1) is 12.3. The molecule has 140 valence electrons. The summed E-state index contributed by atoms with van der Waals surface area (Å²) in [6, 6.07) is 15.1. The van der Waals surface area contributed by atoms with Crippen LogP contribution < -0.4 is 5.32 Å². The van der Waals surface area contributed by atoms with Gasteiger partial charge < -0.3 is 15.0 Å². The summed E-state index contributed by atoms with van der Waals surface area (Å²) in [6.07, 6.45) is 4.30. The van der Waals surface area contributed by atoms with Crippen molar-refractivity contribution in [2.75, 3.05) is 19.7 Å². The average Bonchev–Trinajstić information content (AvgIpc) is 3.21. The van der Waals surface area contributed by atoms with Crippen LogP contribution in [-0.4, -0.2) is 42.6 Å². The number of fused-ring (bicyclic) bond motifs is 1. The van der Waals surface area contributed by atoms with E-state index in [9.17, 15) is 4.79 Å². The van der Waals surface area contributed by atoms with Gasteiger partial charge >= 0.3 is 0 Å². The summed E-state index contributed by atoms with van der Waals surface area (Å²) in [5, 5.41) is 5.75. The van der Waals surface area contributed by atoms with Crippen molar-refractivity contribution in [1.29, 1.82) is 0 Å². The summed E-state index contributed by atoms with van der Waals surface area (Å²) >= 11 is 0. The van der Waals surface area contributed by atoms with Crippen molar-refractivity contribution in [3.05, 3.63) is 48.0 Å². The van der Waals surface area contributed by atoms with E-state index in [4.69, 9.17) is 4.74 Å². The molecule has 1 heterocycles. The molecule has 1 amide bonds. The first kappa shape index (κ1) is 19.2. The van der Waals surface area contributed by atoms with Gasteiger partial charge in [0.25, 0.3) is 5.91 Å². The van der Waals surface area contributed by atoms with Crippen molar-refractivity contribution in [3.8, 4) is 0 Å². The number of nitrogens with zero attached hydrogens (tertiary/aromatic N) is 1. The Morgan fingerprint density at radius 1 is 1.12 bits per heavy atom. The summed E-state index contributed by atoms with van der Waals surface area (Å²) < 4.78 is 5.75. The largest absolute Gasteiger partial charge is 0.366 e. The zero-order valence-corrected chi connectivity index (χ0v) is 15.8. The number of hydrogen-bond donors (Lipinski definition) is 1. The molecule has 1 atom stereocenters. The van der Waals surface area contributed by atoms with Crippen LogP contribution in [0.3, 0.4) is 0 Å². The van der Waals surface area contributed by atoms with Crippen molar-refractivity contribution in [2.24, 2.45) is 0 Å². The van der Waals surface area contributed by atoms with Crippen molar-refractivity contribution in [3.63, 3.8) is 0 Å². The van der Waals surface area contributed by atoms with E-state index in [2.05, 4.69) is 52.7 Å². The Morgan fingerprint density at radius 3 is 2.65 bits per heavy atom. The van der Waals surface area contributed by atoms with E-state index in [-0.39, 0.29) is 24.4 Å². The van der Waals surface area contributed by atoms with Crippen LogP contribution in [0.25, 0.3) is 10.8 Å². The molecule has 1 aliphatic carbocycles. The first-order valence-corrected chi connectivity index (χ1v) is 9.42. The van der Waals surface area contributed by atoms with Crippen LogP contribution in [0.2, 0.25) is 0 Å². The van der Waals surface area contributed by atoms with Crippen LogP contribution in [0.4, 0.5) is 0 Å². The number of rotatable bonds is 4. The number of carbonyl (C=O) groups excluding carboxylic acids is 1. The number of halogens is 1. The van der Waals surface area contributed by atoms with Crippen molar-refractivity contribution in [2.45, 2.75) is 44.4 Å². The highest BCUT2D eigenvalue weighted by molar-refractivity contribution is 5.87. The van der Waals surface area contributed by atoms with Gasteiger partial charge in [0.2, 0.25) is 0 Å². The van der Waals surface area contributed by atoms with E-state index in [1.807, 2.05) is 0 Å². The van der Waals surface area contributed by atoms with Crippen molar-refractivity contribution < 1.29 is 9.53 Å². The number of hydrogen-bond acceptors (Lipinski definition) is 3. The van der Waals surface area contributed by atoms with Crippen molar-refractivity contribution in [1.82, 2.24) is 10.2 Å². The van der Waals surface area contributed by atoms with Crippen LogP contribution in [0.5, 0.6) is 0 Å². The van der Waals surface area contributed by atoms with E-state index in [1.165, 1.54) is 29.2 Å². The normalized spacial score (nSPS) is 20.7. The smallest absolute Gasteiger partial charge is 0.253 e. The Bertz CT molecular complexity index is 734. The lowest BCUT2D eigenvalue weighted by Gasteiger charge is -2.34. The van der Waals surface area contributed by atoms with Gasteiger partial charge in [-0.05, 0) is 29.2 Å². The maximum absolute atomic E-state index is 13.2. The number of benzene rings is 2. The Hall–Kier alpha value is -1.62. The Morgan fingerprint density at radius 2 is 1.88 bits per heavy atom. The molecule has 0 radical (unpaired) electrons. The second-order valence-electron chi connectivity index (χ2n) is 7.11. The molecular formula is C21H27ClN2O2. The molecule has 2 aliphatic rings. The van der Waals surface area contributed by atoms with Gasteiger partial charge in [0.05, 0.1) is 6.61 Å². The zero-order chi connectivity index (χ0) is 17.1. The molecule has 0 bridgehead atoms. The summed E-state index contributed by atoms with van der Waals surface area (Å²) in [4.78, 5) is 15.3. The predicted octanol–water partition coefficient (Wildman–Crippen LogP) is 3.52. The predicted molar refractivity (Wildman–Crippen MR) is 107 cm³/mol. The summed E-state index contributed by atoms with van der Waals surface area (Å²) in [5.41, 5.74) is 1.22. The van der Waals surface area contributed by atoms with Gasteiger partial charge in [-0.1, -0.05) is 55.3 Å². The monoisotopic (exact) mass is 374 g/mol. The SMILES string of the molecule is Cl.O=C(C1CNCCO1)N(Cc1cccc2ccccc12)C1CCCC1. The average molecular weight is 375 g/mol. The fourth-order valence-corrected chi connectivity index (χ4v) is 4.13. The van der Waals surface area contributed by atoms with E-state index in [0.29, 0.717) is 25.7 Å². The van der Waals surface area contributed by atoms with E-state index < -0.39 is 0 Å². The molecule has 2 aromatic carbocycles. The van der Waals surface area contributed by atoms with Gasteiger partial charge in [0.15, 0.2) is 0 Å². The van der Waals surface area contributed by atoms with E-state index in [1.54, 1.807) is 0 Å². The van der Waals surface area contributed by atoms with Gasteiger partial charge in [-0.15, -0.1) is 12.4 Å². The lowest BCUT2D eigenvalue weighted by Crippen LogP contribution is -2.51. The second kappa shape index (κ2) is 8.85. The summed E-state index contributed by atoms with van der Waals surface area (Å²) in [6.45, 7) is 2.74. The Kier molecular flexibility index (Phi) is 6.52. The maximum Gasteiger partial charge on any atom is 0.253 e. The van der Waals surface area contributed by atoms with Crippen LogP contribution in [-0.2, 0) is 16.1 Å². The van der Waals surface area contributed by atoms with Gasteiger partial charge in [0.1, 0.15) is 6.10 Å². The van der Waals surface area contributed by atoms with Gasteiger partial charge in [-0.3, -0.25) is 4.79 Å². The third-order valence-electron chi connectivity index (χ3n) is 5.47. The zero-order valence-electron chi connectivity index (χ0n) is 15.0. The Labute approximate surface area is 161 Å². The minimum absolute atomic E-state index is 0. The molecule has 1 saturated heterocycles. The van der Waals surface area contributed by atoms with E-state index >= 15 is 0 Å². The molecule has 1 N–H and O–H groups in total. The summed E-state index contributed by atoms with van der Waals surface area (Å²) in [5.74, 6) is 0.145. The number of ether oxygens (including phenoxy) is 1. The van der Waals surface area contributed by atoms with Crippen LogP contribution in [0.15, 0.2) is 42.5 Å². The third-order valence-corrected chi connectivity index (χ3v) is 5.47. The van der Waals surface area contributed by atoms with Crippen molar-refractivity contribution >= 4 is 29.1 Å². The molecule has 1 aliphatic heterocycles. The van der Waals surface area contributed by atoms with Crippen LogP contribution in [0, 0.1) is 0 Å². The molecule has 4 nitrogen and oxygen atoms in total. The van der Waals surface area contributed by atoms with E-state index in [0.717, 1.165) is 19.4 Å². The number of nitrogens with one attached hydrogen (secondary N) is 1. The van der Waals surface area contributed by atoms with Crippen LogP contribution in [0.1, 0.15) is 31.2 Å². The maximum atomic E-state index is 13.2. The molecule has 2 fully saturated rings. The molecule has 1 unspecified atom stereocenters. The molecule has 5 heteroatoms. The molecular weight excluding hydrogens is 348 g/mol. The minimum atomic E-state index is -0.343. The highest BCUT2D eigenvalue weighted by Crippen LogP contribution is 2.28. The van der Waals surface area contributed by atoms with Gasteiger partial charge in [-0.25, -0.2) is 0 Å². The molecule has 26 heavy (non-hydrogen) atoms. The highest BCUT2D eigenvalue weighted by Gasteiger charge is 2.33. The first-order valence-electron chi connectivity index (χ1n) is 9.42. The van der Waals surface area contributed by atoms with Gasteiger partial charge in [0, 0.05) is 25.7 Å². The topological polar surface area (TPSA) is 41.6 Å².